The third-order valence-electron chi connectivity index (χ3n) is 4.22. The fraction of sp³-hybridized carbons (Fsp3) is 0.333. The molecule has 0 radical (unpaired) electrons. The molecule has 2 aromatic rings. The summed E-state index contributed by atoms with van der Waals surface area (Å²) in [4.78, 5) is 0. The third-order valence-corrected chi connectivity index (χ3v) is 4.22. The Morgan fingerprint density at radius 1 is 0.556 bits per heavy atom. The fourth-order valence-corrected chi connectivity index (χ4v) is 3.33. The maximum Gasteiger partial charge on any atom is -0.00931 e. The van der Waals surface area contributed by atoms with Gasteiger partial charge in [0.15, 0.2) is 0 Å². The molecule has 0 nitrogen and oxygen atoms in total. The molecular weight excluding hydrogens is 216 g/mol. The van der Waals surface area contributed by atoms with Crippen LogP contribution in [-0.4, -0.2) is 0 Å². The van der Waals surface area contributed by atoms with Crippen molar-refractivity contribution in [1.82, 2.24) is 0 Å². The lowest BCUT2D eigenvalue weighted by atomic mass is 9.72. The van der Waals surface area contributed by atoms with Crippen molar-refractivity contribution in [1.29, 1.82) is 0 Å². The van der Waals surface area contributed by atoms with E-state index >= 15 is 0 Å². The minimum absolute atomic E-state index is 0.711. The summed E-state index contributed by atoms with van der Waals surface area (Å²) in [6.45, 7) is 0. The molecule has 2 aromatic carbocycles. The van der Waals surface area contributed by atoms with Crippen LogP contribution in [0.5, 0.6) is 0 Å². The van der Waals surface area contributed by atoms with Crippen molar-refractivity contribution < 1.29 is 0 Å². The molecule has 0 aromatic heterocycles. The Balaban J connectivity index is 1.92. The molecule has 0 N–H and O–H groups in total. The van der Waals surface area contributed by atoms with E-state index in [9.17, 15) is 0 Å². The van der Waals surface area contributed by atoms with E-state index in [1.54, 1.807) is 0 Å². The highest BCUT2D eigenvalue weighted by molar-refractivity contribution is 5.29. The van der Waals surface area contributed by atoms with Gasteiger partial charge in [0.05, 0.1) is 0 Å². The molecule has 0 unspecified atom stereocenters. The third kappa shape index (κ3) is 2.33. The highest BCUT2D eigenvalue weighted by Gasteiger charge is 2.27. The summed E-state index contributed by atoms with van der Waals surface area (Å²) in [6, 6.07) is 22.1. The molecule has 92 valence electrons. The molecule has 0 bridgehead atoms. The Hall–Kier alpha value is -1.56. The van der Waals surface area contributed by atoms with E-state index in [2.05, 4.69) is 60.7 Å². The lowest BCUT2D eigenvalue weighted by Gasteiger charge is -2.32. The van der Waals surface area contributed by atoms with Crippen LogP contribution < -0.4 is 0 Å². The molecule has 0 saturated heterocycles. The molecule has 0 amide bonds. The van der Waals surface area contributed by atoms with Crippen LogP contribution in [0.1, 0.15) is 48.6 Å². The normalized spacial score (nSPS) is 23.8. The maximum atomic E-state index is 2.30. The summed E-state index contributed by atoms with van der Waals surface area (Å²) >= 11 is 0. The van der Waals surface area contributed by atoms with Gasteiger partial charge in [-0.25, -0.2) is 0 Å². The van der Waals surface area contributed by atoms with Crippen LogP contribution in [0, 0.1) is 0 Å². The zero-order valence-electron chi connectivity index (χ0n) is 10.8. The maximum absolute atomic E-state index is 2.30. The molecule has 0 heteroatoms. The topological polar surface area (TPSA) is 0 Å². The predicted octanol–water partition coefficient (Wildman–Crippen LogP) is 5.13. The molecule has 2 atom stereocenters. The molecule has 0 aliphatic heterocycles. The van der Waals surface area contributed by atoms with Crippen molar-refractivity contribution in [3.63, 3.8) is 0 Å². The predicted molar refractivity (Wildman–Crippen MR) is 76.8 cm³/mol. The number of rotatable bonds is 2. The van der Waals surface area contributed by atoms with Crippen LogP contribution >= 0.6 is 0 Å². The fourth-order valence-electron chi connectivity index (χ4n) is 3.33. The van der Waals surface area contributed by atoms with E-state index in [0.717, 1.165) is 0 Å². The van der Waals surface area contributed by atoms with Crippen LogP contribution in [0.3, 0.4) is 0 Å². The molecule has 3 rings (SSSR count). The Morgan fingerprint density at radius 3 is 1.33 bits per heavy atom. The van der Waals surface area contributed by atoms with Gasteiger partial charge in [0, 0.05) is 0 Å². The van der Waals surface area contributed by atoms with E-state index in [1.165, 1.54) is 36.8 Å². The van der Waals surface area contributed by atoms with Gasteiger partial charge in [-0.05, 0) is 35.8 Å². The van der Waals surface area contributed by atoms with Crippen molar-refractivity contribution in [3.05, 3.63) is 71.8 Å². The van der Waals surface area contributed by atoms with Gasteiger partial charge >= 0.3 is 0 Å². The van der Waals surface area contributed by atoms with Gasteiger partial charge in [-0.15, -0.1) is 0 Å². The first kappa shape index (κ1) is 11.5. The van der Waals surface area contributed by atoms with Gasteiger partial charge in [-0.2, -0.15) is 0 Å². The largest absolute Gasteiger partial charge is 0.0622 e. The highest BCUT2D eigenvalue weighted by atomic mass is 14.3. The zero-order valence-corrected chi connectivity index (χ0v) is 10.8. The van der Waals surface area contributed by atoms with Gasteiger partial charge in [-0.1, -0.05) is 73.5 Å². The summed E-state index contributed by atoms with van der Waals surface area (Å²) in [6.07, 6.45) is 5.43. The first-order valence-corrected chi connectivity index (χ1v) is 7.05. The summed E-state index contributed by atoms with van der Waals surface area (Å²) in [7, 11) is 0. The Bertz CT molecular complexity index is 424. The molecule has 1 fully saturated rings. The van der Waals surface area contributed by atoms with Gasteiger partial charge in [0.1, 0.15) is 0 Å². The van der Waals surface area contributed by atoms with Gasteiger partial charge in [-0.3, -0.25) is 0 Å². The second-order valence-corrected chi connectivity index (χ2v) is 5.32. The van der Waals surface area contributed by atoms with E-state index in [0.29, 0.717) is 11.8 Å². The second-order valence-electron chi connectivity index (χ2n) is 5.32. The molecule has 0 spiro atoms. The summed E-state index contributed by atoms with van der Waals surface area (Å²) in [5.41, 5.74) is 3.04. The Labute approximate surface area is 110 Å². The average Bonchev–Trinajstić information content (AvgIpc) is 2.49. The van der Waals surface area contributed by atoms with E-state index < -0.39 is 0 Å². The zero-order chi connectivity index (χ0) is 12.2. The highest BCUT2D eigenvalue weighted by Crippen LogP contribution is 2.43. The van der Waals surface area contributed by atoms with Crippen molar-refractivity contribution in [2.24, 2.45) is 0 Å². The Kier molecular flexibility index (Phi) is 3.45. The molecular formula is C18H20. The van der Waals surface area contributed by atoms with E-state index in [-0.39, 0.29) is 0 Å². The van der Waals surface area contributed by atoms with Crippen LogP contribution in [0.2, 0.25) is 0 Å². The summed E-state index contributed by atoms with van der Waals surface area (Å²) < 4.78 is 0. The SMILES string of the molecule is c1ccc([C@@H]2CCCC[C@H]2c2ccccc2)cc1. The average molecular weight is 236 g/mol. The van der Waals surface area contributed by atoms with Crippen molar-refractivity contribution in [3.8, 4) is 0 Å². The smallest absolute Gasteiger partial charge is 0.00931 e. The lowest BCUT2D eigenvalue weighted by molar-refractivity contribution is 0.386. The van der Waals surface area contributed by atoms with Crippen LogP contribution in [0.15, 0.2) is 60.7 Å². The number of benzene rings is 2. The minimum Gasteiger partial charge on any atom is -0.0622 e. The molecule has 0 heterocycles. The number of hydrogen-bond acceptors (Lipinski definition) is 0. The minimum atomic E-state index is 0.711. The molecule has 1 saturated carbocycles. The van der Waals surface area contributed by atoms with Gasteiger partial charge < -0.3 is 0 Å². The molecule has 1 aliphatic carbocycles. The summed E-state index contributed by atoms with van der Waals surface area (Å²) in [5.74, 6) is 1.42. The van der Waals surface area contributed by atoms with Crippen LogP contribution in [-0.2, 0) is 0 Å². The lowest BCUT2D eigenvalue weighted by Crippen LogP contribution is -2.16. The summed E-state index contributed by atoms with van der Waals surface area (Å²) in [5, 5.41) is 0. The van der Waals surface area contributed by atoms with E-state index in [4.69, 9.17) is 0 Å². The van der Waals surface area contributed by atoms with Gasteiger partial charge in [0.25, 0.3) is 0 Å². The first-order valence-electron chi connectivity index (χ1n) is 7.05. The molecule has 18 heavy (non-hydrogen) atoms. The van der Waals surface area contributed by atoms with E-state index in [1.807, 2.05) is 0 Å². The Morgan fingerprint density at radius 2 is 0.944 bits per heavy atom. The standard InChI is InChI=1S/C18H20/c1-3-9-15(10-4-1)17-13-7-8-14-18(17)16-11-5-2-6-12-16/h1-6,9-12,17-18H,7-8,13-14H2/t17-,18-/m0/s1. The second kappa shape index (κ2) is 5.39. The van der Waals surface area contributed by atoms with Crippen molar-refractivity contribution >= 4 is 0 Å². The van der Waals surface area contributed by atoms with Gasteiger partial charge in [0.2, 0.25) is 0 Å². The monoisotopic (exact) mass is 236 g/mol. The quantitative estimate of drug-likeness (QED) is 0.678. The van der Waals surface area contributed by atoms with Crippen molar-refractivity contribution in [2.45, 2.75) is 37.5 Å². The molecule has 1 aliphatic rings. The first-order chi connectivity index (χ1) is 8.95. The van der Waals surface area contributed by atoms with Crippen molar-refractivity contribution in [2.75, 3.05) is 0 Å². The van der Waals surface area contributed by atoms with Crippen LogP contribution in [0.25, 0.3) is 0 Å². The number of hydrogen-bond donors (Lipinski definition) is 0. The van der Waals surface area contributed by atoms with Crippen LogP contribution in [0.4, 0.5) is 0 Å².